The zero-order valence-electron chi connectivity index (χ0n) is 12.0. The number of benzene rings is 1. The first-order chi connectivity index (χ1) is 9.24. The Hall–Kier alpha value is -1.35. The second-order valence-corrected chi connectivity index (χ2v) is 5.23. The van der Waals surface area contributed by atoms with Gasteiger partial charge in [-0.05, 0) is 44.9 Å². The molecule has 0 radical (unpaired) electrons. The number of para-hydroxylation sites is 1. The molecule has 1 unspecified atom stereocenters. The summed E-state index contributed by atoms with van der Waals surface area (Å²) in [5, 5.41) is 3.39. The van der Waals surface area contributed by atoms with Crippen molar-refractivity contribution < 1.29 is 4.79 Å². The number of carbonyl (C=O) groups is 1. The number of rotatable bonds is 3. The van der Waals surface area contributed by atoms with Crippen LogP contribution in [0.4, 0.5) is 5.69 Å². The van der Waals surface area contributed by atoms with Gasteiger partial charge in [0.25, 0.3) is 0 Å². The van der Waals surface area contributed by atoms with Gasteiger partial charge in [0.15, 0.2) is 0 Å². The van der Waals surface area contributed by atoms with E-state index in [-0.39, 0.29) is 11.9 Å². The van der Waals surface area contributed by atoms with E-state index < -0.39 is 0 Å². The van der Waals surface area contributed by atoms with Crippen LogP contribution in [0.3, 0.4) is 0 Å². The molecule has 2 rings (SSSR count). The van der Waals surface area contributed by atoms with Gasteiger partial charge in [0.1, 0.15) is 0 Å². The van der Waals surface area contributed by atoms with Crippen molar-refractivity contribution in [2.24, 2.45) is 0 Å². The molecule has 0 bridgehead atoms. The standard InChI is InChI=1S/C16H24N2O/c1-3-18(15-11-7-6-9-13(15)2)16(19)14-10-5-4-8-12-17-14/h6-7,9,11,14,17H,3-5,8,10,12H2,1-2H3. The minimum Gasteiger partial charge on any atom is -0.311 e. The van der Waals surface area contributed by atoms with E-state index in [9.17, 15) is 4.79 Å². The average Bonchev–Trinajstić information content (AvgIpc) is 2.70. The van der Waals surface area contributed by atoms with Crippen LogP contribution in [0.2, 0.25) is 0 Å². The third-order valence-electron chi connectivity index (χ3n) is 3.85. The molecule has 1 atom stereocenters. The normalized spacial score (nSPS) is 19.8. The summed E-state index contributed by atoms with van der Waals surface area (Å²) >= 11 is 0. The molecule has 1 heterocycles. The topological polar surface area (TPSA) is 32.3 Å². The van der Waals surface area contributed by atoms with Crippen LogP contribution < -0.4 is 10.2 Å². The lowest BCUT2D eigenvalue weighted by Gasteiger charge is -2.27. The second-order valence-electron chi connectivity index (χ2n) is 5.23. The number of nitrogens with one attached hydrogen (secondary N) is 1. The summed E-state index contributed by atoms with van der Waals surface area (Å²) in [6.07, 6.45) is 4.52. The molecule has 19 heavy (non-hydrogen) atoms. The molecule has 1 aliphatic rings. The highest BCUT2D eigenvalue weighted by atomic mass is 16.2. The molecule has 3 heteroatoms. The molecule has 1 aliphatic heterocycles. The minimum atomic E-state index is -0.0120. The Morgan fingerprint density at radius 2 is 2.11 bits per heavy atom. The predicted octanol–water partition coefficient (Wildman–Crippen LogP) is 2.88. The van der Waals surface area contributed by atoms with Crippen molar-refractivity contribution in [1.29, 1.82) is 0 Å². The van der Waals surface area contributed by atoms with Gasteiger partial charge in [-0.2, -0.15) is 0 Å². The maximum atomic E-state index is 12.7. The molecule has 0 saturated carbocycles. The fourth-order valence-electron chi connectivity index (χ4n) is 2.74. The van der Waals surface area contributed by atoms with Crippen molar-refractivity contribution in [1.82, 2.24) is 5.32 Å². The Morgan fingerprint density at radius 3 is 2.84 bits per heavy atom. The van der Waals surface area contributed by atoms with Crippen LogP contribution in [0.1, 0.15) is 38.2 Å². The molecule has 0 spiro atoms. The number of hydrogen-bond acceptors (Lipinski definition) is 2. The van der Waals surface area contributed by atoms with Crippen LogP contribution >= 0.6 is 0 Å². The Balaban J connectivity index is 2.16. The Kier molecular flexibility index (Phi) is 4.97. The third-order valence-corrected chi connectivity index (χ3v) is 3.85. The number of nitrogens with zero attached hydrogens (tertiary/aromatic N) is 1. The van der Waals surface area contributed by atoms with Crippen LogP contribution in [0, 0.1) is 6.92 Å². The van der Waals surface area contributed by atoms with Crippen LogP contribution in [-0.2, 0) is 4.79 Å². The Morgan fingerprint density at radius 1 is 1.32 bits per heavy atom. The number of likely N-dealkylation sites (N-methyl/N-ethyl adjacent to an activating group) is 1. The van der Waals surface area contributed by atoms with Gasteiger partial charge >= 0.3 is 0 Å². The number of carbonyl (C=O) groups excluding carboxylic acids is 1. The SMILES string of the molecule is CCN(C(=O)C1CCCCCN1)c1ccccc1C. The van der Waals surface area contributed by atoms with Gasteiger partial charge in [0.2, 0.25) is 5.91 Å². The lowest BCUT2D eigenvalue weighted by atomic mass is 10.1. The van der Waals surface area contributed by atoms with E-state index in [4.69, 9.17) is 0 Å². The molecule has 1 N–H and O–H groups in total. The maximum Gasteiger partial charge on any atom is 0.244 e. The molecule has 0 aliphatic carbocycles. The van der Waals surface area contributed by atoms with Crippen molar-refractivity contribution in [2.45, 2.75) is 45.6 Å². The lowest BCUT2D eigenvalue weighted by Crippen LogP contribution is -2.46. The van der Waals surface area contributed by atoms with Gasteiger partial charge in [-0.25, -0.2) is 0 Å². The first kappa shape index (κ1) is 14.1. The molecular formula is C16H24N2O. The number of anilines is 1. The van der Waals surface area contributed by atoms with Crippen LogP contribution in [0.5, 0.6) is 0 Å². The Labute approximate surface area is 116 Å². The molecule has 3 nitrogen and oxygen atoms in total. The number of amides is 1. The molecule has 1 aromatic carbocycles. The van der Waals surface area contributed by atoms with E-state index >= 15 is 0 Å². The van der Waals surface area contributed by atoms with Crippen LogP contribution in [-0.4, -0.2) is 25.0 Å². The first-order valence-electron chi connectivity index (χ1n) is 7.34. The van der Waals surface area contributed by atoms with Crippen molar-refractivity contribution in [3.8, 4) is 0 Å². The van der Waals surface area contributed by atoms with Crippen LogP contribution in [0.15, 0.2) is 24.3 Å². The monoisotopic (exact) mass is 260 g/mol. The minimum absolute atomic E-state index is 0.0120. The highest BCUT2D eigenvalue weighted by Gasteiger charge is 2.25. The average molecular weight is 260 g/mol. The fourth-order valence-corrected chi connectivity index (χ4v) is 2.74. The van der Waals surface area contributed by atoms with E-state index in [1.165, 1.54) is 12.8 Å². The zero-order chi connectivity index (χ0) is 13.7. The van der Waals surface area contributed by atoms with E-state index in [1.807, 2.05) is 30.0 Å². The fraction of sp³-hybridized carbons (Fsp3) is 0.562. The summed E-state index contributed by atoms with van der Waals surface area (Å²) in [4.78, 5) is 14.6. The molecule has 104 valence electrons. The van der Waals surface area contributed by atoms with Crippen molar-refractivity contribution in [2.75, 3.05) is 18.0 Å². The van der Waals surface area contributed by atoms with Gasteiger partial charge in [-0.15, -0.1) is 0 Å². The van der Waals surface area contributed by atoms with Crippen molar-refractivity contribution >= 4 is 11.6 Å². The summed E-state index contributed by atoms with van der Waals surface area (Å²) in [6.45, 7) is 5.79. The summed E-state index contributed by atoms with van der Waals surface area (Å²) in [5.41, 5.74) is 2.20. The van der Waals surface area contributed by atoms with Gasteiger partial charge in [0.05, 0.1) is 6.04 Å². The summed E-state index contributed by atoms with van der Waals surface area (Å²) in [6, 6.07) is 8.10. The molecular weight excluding hydrogens is 236 g/mol. The molecule has 1 saturated heterocycles. The third kappa shape index (κ3) is 3.35. The molecule has 1 amide bonds. The van der Waals surface area contributed by atoms with E-state index in [2.05, 4.69) is 18.3 Å². The summed E-state index contributed by atoms with van der Waals surface area (Å²) < 4.78 is 0. The molecule has 0 aromatic heterocycles. The first-order valence-corrected chi connectivity index (χ1v) is 7.34. The van der Waals surface area contributed by atoms with Gasteiger partial charge in [0, 0.05) is 12.2 Å². The van der Waals surface area contributed by atoms with E-state index in [0.717, 1.165) is 37.2 Å². The highest BCUT2D eigenvalue weighted by molar-refractivity contribution is 5.97. The maximum absolute atomic E-state index is 12.7. The van der Waals surface area contributed by atoms with E-state index in [0.29, 0.717) is 0 Å². The Bertz CT molecular complexity index is 423. The van der Waals surface area contributed by atoms with Gasteiger partial charge in [-0.3, -0.25) is 4.79 Å². The summed E-state index contributed by atoms with van der Waals surface area (Å²) in [7, 11) is 0. The van der Waals surface area contributed by atoms with Gasteiger partial charge in [-0.1, -0.05) is 31.0 Å². The smallest absolute Gasteiger partial charge is 0.244 e. The predicted molar refractivity (Wildman–Crippen MR) is 79.5 cm³/mol. The number of hydrogen-bond donors (Lipinski definition) is 1. The summed E-state index contributed by atoms with van der Waals surface area (Å²) in [5.74, 6) is 0.221. The van der Waals surface area contributed by atoms with Crippen molar-refractivity contribution in [3.05, 3.63) is 29.8 Å². The molecule has 1 fully saturated rings. The zero-order valence-corrected chi connectivity index (χ0v) is 12.0. The van der Waals surface area contributed by atoms with E-state index in [1.54, 1.807) is 0 Å². The van der Waals surface area contributed by atoms with Crippen LogP contribution in [0.25, 0.3) is 0 Å². The van der Waals surface area contributed by atoms with Gasteiger partial charge < -0.3 is 10.2 Å². The quantitative estimate of drug-likeness (QED) is 0.906. The largest absolute Gasteiger partial charge is 0.311 e. The van der Waals surface area contributed by atoms with Crippen molar-refractivity contribution in [3.63, 3.8) is 0 Å². The number of aryl methyl sites for hydroxylation is 1. The highest BCUT2D eigenvalue weighted by Crippen LogP contribution is 2.21. The lowest BCUT2D eigenvalue weighted by molar-refractivity contribution is -0.120. The second kappa shape index (κ2) is 6.71. The molecule has 1 aromatic rings.